The highest BCUT2D eigenvalue weighted by Crippen LogP contribution is 2.41. The van der Waals surface area contributed by atoms with Crippen LogP contribution in [0.4, 0.5) is 0 Å². The molecule has 0 bridgehead atoms. The number of rotatable bonds is 3. The molecule has 3 heterocycles. The normalized spacial score (nSPS) is 16.3. The lowest BCUT2D eigenvalue weighted by atomic mass is 10.1. The first kappa shape index (κ1) is 18.2. The van der Waals surface area contributed by atoms with Crippen LogP contribution in [0.1, 0.15) is 16.7 Å². The first-order valence-corrected chi connectivity index (χ1v) is 10.3. The molecular weight excluding hydrogens is 382 g/mol. The molecule has 5 heteroatoms. The number of aromatic nitrogens is 1. The Bertz CT molecular complexity index is 1040. The Hall–Kier alpha value is -2.82. The average molecular weight is 404 g/mol. The number of fused-ring (bicyclic) bond motifs is 2. The van der Waals surface area contributed by atoms with Crippen LogP contribution < -0.4 is 4.74 Å². The van der Waals surface area contributed by atoms with Crippen molar-refractivity contribution in [2.45, 2.75) is 6.54 Å². The van der Waals surface area contributed by atoms with Gasteiger partial charge in [-0.05, 0) is 42.0 Å². The molecule has 0 unspecified atom stereocenters. The van der Waals surface area contributed by atoms with Gasteiger partial charge in [0.2, 0.25) is 0 Å². The van der Waals surface area contributed by atoms with Crippen LogP contribution in [-0.2, 0) is 6.54 Å². The van der Waals surface area contributed by atoms with Crippen molar-refractivity contribution >= 4 is 23.4 Å². The molecule has 2 aromatic carbocycles. The Kier molecular flexibility index (Phi) is 4.96. The van der Waals surface area contributed by atoms with Crippen molar-refractivity contribution in [3.8, 4) is 11.5 Å². The number of hydrogen-bond acceptors (Lipinski definition) is 4. The summed E-state index contributed by atoms with van der Waals surface area (Å²) in [5.41, 5.74) is 4.49. The van der Waals surface area contributed by atoms with Crippen molar-refractivity contribution in [3.05, 3.63) is 88.7 Å². The maximum atomic E-state index is 6.52. The minimum atomic E-state index is 0.711. The molecule has 146 valence electrons. The molecule has 0 spiro atoms. The Labute approximate surface area is 176 Å². The average Bonchev–Trinajstić information content (AvgIpc) is 2.93. The van der Waals surface area contributed by atoms with Crippen LogP contribution in [0.3, 0.4) is 0 Å². The van der Waals surface area contributed by atoms with Crippen molar-refractivity contribution in [3.63, 3.8) is 0 Å². The number of ether oxygens (including phenoxy) is 1. The van der Waals surface area contributed by atoms with Crippen molar-refractivity contribution in [1.29, 1.82) is 0 Å². The van der Waals surface area contributed by atoms with Crippen molar-refractivity contribution < 1.29 is 4.74 Å². The van der Waals surface area contributed by atoms with Gasteiger partial charge in [0, 0.05) is 61.9 Å². The van der Waals surface area contributed by atoms with E-state index >= 15 is 0 Å². The molecule has 1 aromatic heterocycles. The quantitative estimate of drug-likeness (QED) is 0.604. The van der Waals surface area contributed by atoms with Gasteiger partial charge in [0.25, 0.3) is 0 Å². The summed E-state index contributed by atoms with van der Waals surface area (Å²) in [6.07, 6.45) is 5.95. The third-order valence-electron chi connectivity index (χ3n) is 5.52. The van der Waals surface area contributed by atoms with Gasteiger partial charge in [0.1, 0.15) is 11.5 Å². The molecular formula is C24H22ClN3O. The van der Waals surface area contributed by atoms with Crippen LogP contribution in [0.25, 0.3) is 11.8 Å². The summed E-state index contributed by atoms with van der Waals surface area (Å²) in [5, 5.41) is 0.711. The molecule has 0 aliphatic carbocycles. The predicted octanol–water partition coefficient (Wildman–Crippen LogP) is 5.16. The van der Waals surface area contributed by atoms with Gasteiger partial charge in [0.15, 0.2) is 0 Å². The maximum absolute atomic E-state index is 6.52. The standard InChI is InChI=1S/C24H22ClN3O/c25-21-7-3-9-24-20(21)15-22(19-6-1-2-8-23(19)29-24)28-13-11-27(12-14-28)17-18-5-4-10-26-16-18/h1-10,15-16H,11-14,17H2. The lowest BCUT2D eigenvalue weighted by molar-refractivity contribution is 0.169. The van der Waals surface area contributed by atoms with Crippen LogP contribution in [-0.4, -0.2) is 41.0 Å². The van der Waals surface area contributed by atoms with Crippen LogP contribution in [0.2, 0.25) is 5.02 Å². The topological polar surface area (TPSA) is 28.6 Å². The summed E-state index contributed by atoms with van der Waals surface area (Å²) in [5.74, 6) is 1.67. The summed E-state index contributed by atoms with van der Waals surface area (Å²) in [4.78, 5) is 9.16. The second-order valence-electron chi connectivity index (χ2n) is 7.40. The van der Waals surface area contributed by atoms with Crippen LogP contribution >= 0.6 is 11.6 Å². The van der Waals surface area contributed by atoms with Gasteiger partial charge in [-0.1, -0.05) is 35.9 Å². The number of piperazine rings is 1. The lowest BCUT2D eigenvalue weighted by Gasteiger charge is -2.37. The third-order valence-corrected chi connectivity index (χ3v) is 5.85. The van der Waals surface area contributed by atoms with E-state index in [1.807, 2.05) is 48.8 Å². The number of benzene rings is 2. The van der Waals surface area contributed by atoms with E-state index in [9.17, 15) is 0 Å². The van der Waals surface area contributed by atoms with Crippen molar-refractivity contribution in [1.82, 2.24) is 14.8 Å². The zero-order chi connectivity index (χ0) is 19.6. The summed E-state index contributed by atoms with van der Waals surface area (Å²) < 4.78 is 6.22. The fourth-order valence-electron chi connectivity index (χ4n) is 4.00. The van der Waals surface area contributed by atoms with Crippen LogP contribution in [0, 0.1) is 0 Å². The second kappa shape index (κ2) is 7.90. The first-order chi connectivity index (χ1) is 14.3. The molecule has 0 radical (unpaired) electrons. The molecule has 0 amide bonds. The maximum Gasteiger partial charge on any atom is 0.136 e. The number of para-hydroxylation sites is 1. The van der Waals surface area contributed by atoms with Crippen molar-refractivity contribution in [2.24, 2.45) is 0 Å². The minimum Gasteiger partial charge on any atom is -0.456 e. The van der Waals surface area contributed by atoms with E-state index in [1.54, 1.807) is 0 Å². The number of hydrogen-bond donors (Lipinski definition) is 0. The first-order valence-electron chi connectivity index (χ1n) is 9.91. The highest BCUT2D eigenvalue weighted by atomic mass is 35.5. The summed E-state index contributed by atoms with van der Waals surface area (Å²) in [6.45, 7) is 4.87. The summed E-state index contributed by atoms with van der Waals surface area (Å²) >= 11 is 6.52. The van der Waals surface area contributed by atoms with Crippen LogP contribution in [0.15, 0.2) is 67.0 Å². The second-order valence-corrected chi connectivity index (χ2v) is 7.81. The molecule has 0 atom stereocenters. The Morgan fingerprint density at radius 1 is 0.897 bits per heavy atom. The molecule has 2 aliphatic heterocycles. The molecule has 5 rings (SSSR count). The summed E-state index contributed by atoms with van der Waals surface area (Å²) in [6, 6.07) is 18.2. The molecule has 1 saturated heterocycles. The fourth-order valence-corrected chi connectivity index (χ4v) is 4.23. The minimum absolute atomic E-state index is 0.711. The van der Waals surface area contributed by atoms with Gasteiger partial charge in [-0.3, -0.25) is 9.88 Å². The van der Waals surface area contributed by atoms with Gasteiger partial charge < -0.3 is 9.64 Å². The molecule has 2 aliphatic rings. The van der Waals surface area contributed by atoms with E-state index < -0.39 is 0 Å². The van der Waals surface area contributed by atoms with Gasteiger partial charge in [0.05, 0.1) is 5.02 Å². The zero-order valence-corrected chi connectivity index (χ0v) is 16.8. The SMILES string of the molecule is Clc1cccc2c1C=C(N1CCN(Cc3cccnc3)CC1)c1ccccc1O2. The largest absolute Gasteiger partial charge is 0.456 e. The number of nitrogens with zero attached hydrogens (tertiary/aromatic N) is 3. The molecule has 0 saturated carbocycles. The molecule has 29 heavy (non-hydrogen) atoms. The van der Waals surface area contributed by atoms with E-state index in [1.165, 1.54) is 11.3 Å². The van der Waals surface area contributed by atoms with Gasteiger partial charge in [-0.25, -0.2) is 0 Å². The molecule has 0 N–H and O–H groups in total. The van der Waals surface area contributed by atoms with E-state index in [4.69, 9.17) is 16.3 Å². The molecule has 4 nitrogen and oxygen atoms in total. The highest BCUT2D eigenvalue weighted by molar-refractivity contribution is 6.32. The predicted molar refractivity (Wildman–Crippen MR) is 117 cm³/mol. The van der Waals surface area contributed by atoms with Crippen molar-refractivity contribution in [2.75, 3.05) is 26.2 Å². The van der Waals surface area contributed by atoms with Gasteiger partial charge in [-0.2, -0.15) is 0 Å². The fraction of sp³-hybridized carbons (Fsp3) is 0.208. The molecule has 3 aromatic rings. The summed E-state index contributed by atoms with van der Waals surface area (Å²) in [7, 11) is 0. The number of halogens is 1. The van der Waals surface area contributed by atoms with Gasteiger partial charge in [-0.15, -0.1) is 0 Å². The van der Waals surface area contributed by atoms with E-state index in [0.717, 1.165) is 55.3 Å². The Morgan fingerprint density at radius 3 is 2.55 bits per heavy atom. The zero-order valence-electron chi connectivity index (χ0n) is 16.1. The van der Waals surface area contributed by atoms with Gasteiger partial charge >= 0.3 is 0 Å². The van der Waals surface area contributed by atoms with E-state index in [0.29, 0.717) is 5.02 Å². The highest BCUT2D eigenvalue weighted by Gasteiger charge is 2.25. The Morgan fingerprint density at radius 2 is 1.72 bits per heavy atom. The van der Waals surface area contributed by atoms with E-state index in [-0.39, 0.29) is 0 Å². The third kappa shape index (κ3) is 3.74. The Balaban J connectivity index is 1.42. The monoisotopic (exact) mass is 403 g/mol. The lowest BCUT2D eigenvalue weighted by Crippen LogP contribution is -2.44. The number of pyridine rings is 1. The smallest absolute Gasteiger partial charge is 0.136 e. The van der Waals surface area contributed by atoms with E-state index in [2.05, 4.69) is 39.1 Å². The molecule has 1 fully saturated rings. The van der Waals surface area contributed by atoms with Crippen LogP contribution in [0.5, 0.6) is 11.5 Å².